The molecule has 0 N–H and O–H groups in total. The van der Waals surface area contributed by atoms with E-state index in [2.05, 4.69) is 11.8 Å². The van der Waals surface area contributed by atoms with Crippen molar-refractivity contribution < 1.29 is 14.2 Å². The smallest absolute Gasteiger partial charge is 0.0833 e. The van der Waals surface area contributed by atoms with Crippen molar-refractivity contribution >= 4 is 0 Å². The Morgan fingerprint density at radius 2 is 1.71 bits per heavy atom. The highest BCUT2D eigenvalue weighted by Crippen LogP contribution is 2.18. The van der Waals surface area contributed by atoms with Gasteiger partial charge in [0.1, 0.15) is 0 Å². The summed E-state index contributed by atoms with van der Waals surface area (Å²) in [6.45, 7) is 2.98. The van der Waals surface area contributed by atoms with Gasteiger partial charge in [0.25, 0.3) is 0 Å². The standard InChI is InChI=1S/C18H28O3/c1-3-5-7-9-12-19-16-18-15-17(11-14-21-18)20-13-10-8-6-4-2/h1-2,17-18H,5-16H2/t17-,18+/m1/s1. The molecule has 21 heavy (non-hydrogen) atoms. The summed E-state index contributed by atoms with van der Waals surface area (Å²) in [6.07, 6.45) is 18.6. The molecule has 1 heterocycles. The Labute approximate surface area is 129 Å². The van der Waals surface area contributed by atoms with Crippen LogP contribution in [-0.4, -0.2) is 38.6 Å². The quantitative estimate of drug-likeness (QED) is 0.432. The topological polar surface area (TPSA) is 27.7 Å². The molecule has 0 aromatic rings. The molecule has 0 bridgehead atoms. The molecule has 0 saturated carbocycles. The van der Waals surface area contributed by atoms with Crippen molar-refractivity contribution in [1.82, 2.24) is 0 Å². The Morgan fingerprint density at radius 3 is 2.43 bits per heavy atom. The molecule has 0 aromatic carbocycles. The number of rotatable bonds is 11. The lowest BCUT2D eigenvalue weighted by Crippen LogP contribution is -2.34. The van der Waals surface area contributed by atoms with E-state index in [9.17, 15) is 0 Å². The van der Waals surface area contributed by atoms with Crippen LogP contribution >= 0.6 is 0 Å². The van der Waals surface area contributed by atoms with E-state index in [-0.39, 0.29) is 6.10 Å². The van der Waals surface area contributed by atoms with Crippen molar-refractivity contribution in [3.05, 3.63) is 0 Å². The van der Waals surface area contributed by atoms with E-state index >= 15 is 0 Å². The molecule has 3 nitrogen and oxygen atoms in total. The minimum Gasteiger partial charge on any atom is -0.379 e. The second kappa shape index (κ2) is 12.7. The molecule has 2 atom stereocenters. The van der Waals surface area contributed by atoms with E-state index in [0.717, 1.165) is 71.2 Å². The SMILES string of the molecule is C#CCCCCOC[C@@H]1C[C@H](OCCCCC#C)CCO1. The minimum atomic E-state index is 0.169. The third kappa shape index (κ3) is 9.53. The van der Waals surface area contributed by atoms with Crippen molar-refractivity contribution in [1.29, 1.82) is 0 Å². The van der Waals surface area contributed by atoms with Gasteiger partial charge in [0, 0.05) is 39.1 Å². The zero-order valence-corrected chi connectivity index (χ0v) is 13.0. The molecule has 0 aromatic heterocycles. The maximum absolute atomic E-state index is 5.89. The first kappa shape index (κ1) is 18.1. The van der Waals surface area contributed by atoms with Gasteiger partial charge in [-0.05, 0) is 32.1 Å². The second-order valence-electron chi connectivity index (χ2n) is 5.41. The van der Waals surface area contributed by atoms with Crippen molar-refractivity contribution in [2.24, 2.45) is 0 Å². The number of unbranched alkanes of at least 4 members (excludes halogenated alkanes) is 4. The molecule has 0 amide bonds. The fraction of sp³-hybridized carbons (Fsp3) is 0.778. The third-order valence-electron chi connectivity index (χ3n) is 3.55. The summed E-state index contributed by atoms with van der Waals surface area (Å²) in [5.74, 6) is 5.29. The molecule has 0 radical (unpaired) electrons. The first-order valence-electron chi connectivity index (χ1n) is 8.04. The summed E-state index contributed by atoms with van der Waals surface area (Å²) < 4.78 is 17.3. The second-order valence-corrected chi connectivity index (χ2v) is 5.41. The van der Waals surface area contributed by atoms with Gasteiger partial charge in [-0.15, -0.1) is 24.7 Å². The molecule has 1 rings (SSSR count). The molecule has 1 aliphatic heterocycles. The molecule has 1 saturated heterocycles. The first-order chi connectivity index (χ1) is 10.4. The van der Waals surface area contributed by atoms with Crippen molar-refractivity contribution in [2.75, 3.05) is 26.4 Å². The zero-order chi connectivity index (χ0) is 15.2. The van der Waals surface area contributed by atoms with Gasteiger partial charge in [-0.25, -0.2) is 0 Å². The maximum atomic E-state index is 5.89. The Morgan fingerprint density at radius 1 is 1.00 bits per heavy atom. The first-order valence-corrected chi connectivity index (χ1v) is 8.04. The molecule has 3 heteroatoms. The van der Waals surface area contributed by atoms with E-state index in [4.69, 9.17) is 27.1 Å². The van der Waals surface area contributed by atoms with Gasteiger partial charge in [-0.3, -0.25) is 0 Å². The normalized spacial score (nSPS) is 21.6. The lowest BCUT2D eigenvalue weighted by molar-refractivity contribution is -0.0980. The molecule has 0 unspecified atom stereocenters. The molecular formula is C18H28O3. The van der Waals surface area contributed by atoms with Crippen molar-refractivity contribution in [3.63, 3.8) is 0 Å². The summed E-state index contributed by atoms with van der Waals surface area (Å²) in [6, 6.07) is 0. The number of terminal acetylenes is 2. The van der Waals surface area contributed by atoms with E-state index in [0.29, 0.717) is 12.7 Å². The summed E-state index contributed by atoms with van der Waals surface area (Å²) in [7, 11) is 0. The molecule has 1 fully saturated rings. The van der Waals surface area contributed by atoms with E-state index < -0.39 is 0 Å². The van der Waals surface area contributed by atoms with Crippen LogP contribution in [0, 0.1) is 24.7 Å². The highest BCUT2D eigenvalue weighted by atomic mass is 16.5. The average Bonchev–Trinajstić information content (AvgIpc) is 2.51. The zero-order valence-electron chi connectivity index (χ0n) is 13.0. The fourth-order valence-electron chi connectivity index (χ4n) is 2.34. The molecule has 1 aliphatic rings. The van der Waals surface area contributed by atoms with E-state index in [1.165, 1.54) is 0 Å². The largest absolute Gasteiger partial charge is 0.379 e. The summed E-state index contributed by atoms with van der Waals surface area (Å²) in [4.78, 5) is 0. The van der Waals surface area contributed by atoms with Crippen LogP contribution in [0.2, 0.25) is 0 Å². The monoisotopic (exact) mass is 292 g/mol. The van der Waals surface area contributed by atoms with Crippen molar-refractivity contribution in [2.45, 2.75) is 63.6 Å². The molecular weight excluding hydrogens is 264 g/mol. The molecule has 0 aliphatic carbocycles. The Hall–Kier alpha value is -1.00. The molecule has 118 valence electrons. The summed E-state index contributed by atoms with van der Waals surface area (Å²) in [5, 5.41) is 0. The van der Waals surface area contributed by atoms with Crippen LogP contribution in [0.25, 0.3) is 0 Å². The van der Waals surface area contributed by atoms with Crippen molar-refractivity contribution in [3.8, 4) is 24.7 Å². The van der Waals surface area contributed by atoms with Gasteiger partial charge in [0.15, 0.2) is 0 Å². The Kier molecular flexibility index (Phi) is 10.9. The van der Waals surface area contributed by atoms with Crippen LogP contribution in [0.5, 0.6) is 0 Å². The third-order valence-corrected chi connectivity index (χ3v) is 3.55. The van der Waals surface area contributed by atoms with Crippen LogP contribution in [0.3, 0.4) is 0 Å². The maximum Gasteiger partial charge on any atom is 0.0833 e. The van der Waals surface area contributed by atoms with E-state index in [1.54, 1.807) is 0 Å². The minimum absolute atomic E-state index is 0.169. The van der Waals surface area contributed by atoms with Gasteiger partial charge >= 0.3 is 0 Å². The number of hydrogen-bond donors (Lipinski definition) is 0. The van der Waals surface area contributed by atoms with Gasteiger partial charge in [0.2, 0.25) is 0 Å². The van der Waals surface area contributed by atoms with Gasteiger partial charge < -0.3 is 14.2 Å². The predicted molar refractivity (Wildman–Crippen MR) is 84.9 cm³/mol. The lowest BCUT2D eigenvalue weighted by atomic mass is 10.1. The van der Waals surface area contributed by atoms with Crippen LogP contribution < -0.4 is 0 Å². The average molecular weight is 292 g/mol. The van der Waals surface area contributed by atoms with Gasteiger partial charge in [-0.1, -0.05) is 0 Å². The van der Waals surface area contributed by atoms with Crippen LogP contribution in [-0.2, 0) is 14.2 Å². The number of ether oxygens (including phenoxy) is 3. The predicted octanol–water partition coefficient (Wildman–Crippen LogP) is 3.17. The van der Waals surface area contributed by atoms with E-state index in [1.807, 2.05) is 0 Å². The highest BCUT2D eigenvalue weighted by molar-refractivity contribution is 4.83. The van der Waals surface area contributed by atoms with Gasteiger partial charge in [0.05, 0.1) is 18.8 Å². The Bertz CT molecular complexity index is 326. The Balaban J connectivity index is 2.01. The van der Waals surface area contributed by atoms with Crippen LogP contribution in [0.1, 0.15) is 51.4 Å². The lowest BCUT2D eigenvalue weighted by Gasteiger charge is -2.29. The summed E-state index contributed by atoms with van der Waals surface area (Å²) >= 11 is 0. The van der Waals surface area contributed by atoms with Crippen LogP contribution in [0.15, 0.2) is 0 Å². The van der Waals surface area contributed by atoms with Crippen LogP contribution in [0.4, 0.5) is 0 Å². The number of hydrogen-bond acceptors (Lipinski definition) is 3. The highest BCUT2D eigenvalue weighted by Gasteiger charge is 2.23. The van der Waals surface area contributed by atoms with Gasteiger partial charge in [-0.2, -0.15) is 0 Å². The fourth-order valence-corrected chi connectivity index (χ4v) is 2.34. The molecule has 0 spiro atoms. The summed E-state index contributed by atoms with van der Waals surface area (Å²) in [5.41, 5.74) is 0.